The molecule has 1 atom stereocenters. The average Bonchev–Trinajstić information content (AvgIpc) is 3.15. The number of benzene rings is 2. The molecule has 0 saturated carbocycles. The summed E-state index contributed by atoms with van der Waals surface area (Å²) in [5, 5.41) is 2.96. The van der Waals surface area contributed by atoms with Crippen molar-refractivity contribution in [3.05, 3.63) is 60.2 Å². The normalized spacial score (nSPS) is 20.2. The minimum Gasteiger partial charge on any atom is -0.369 e. The van der Waals surface area contributed by atoms with Gasteiger partial charge in [0.15, 0.2) is 0 Å². The summed E-state index contributed by atoms with van der Waals surface area (Å²) in [5.74, 6) is -0.348. The van der Waals surface area contributed by atoms with Gasteiger partial charge in [-0.2, -0.15) is 0 Å². The summed E-state index contributed by atoms with van der Waals surface area (Å²) < 4.78 is 0. The molecule has 2 aliphatic rings. The summed E-state index contributed by atoms with van der Waals surface area (Å²) in [6.07, 6.45) is 0.265. The molecule has 2 amide bonds. The van der Waals surface area contributed by atoms with E-state index in [0.717, 1.165) is 37.4 Å². The topological polar surface area (TPSA) is 55.9 Å². The SMILES string of the molecule is CN1CCN(c2ccc(N3CC(C(=O)NCc4ccccc4)CC3=O)cc2)CC1. The van der Waals surface area contributed by atoms with Crippen molar-refractivity contribution in [3.63, 3.8) is 0 Å². The van der Waals surface area contributed by atoms with E-state index in [4.69, 9.17) is 0 Å². The molecule has 4 rings (SSSR count). The molecule has 2 fully saturated rings. The molecule has 6 nitrogen and oxygen atoms in total. The van der Waals surface area contributed by atoms with Crippen LogP contribution in [0, 0.1) is 5.92 Å². The van der Waals surface area contributed by atoms with E-state index in [-0.39, 0.29) is 24.2 Å². The van der Waals surface area contributed by atoms with Gasteiger partial charge in [0.2, 0.25) is 11.8 Å². The number of carbonyl (C=O) groups excluding carboxylic acids is 2. The number of nitrogens with zero attached hydrogens (tertiary/aromatic N) is 3. The lowest BCUT2D eigenvalue weighted by Crippen LogP contribution is -2.44. The van der Waals surface area contributed by atoms with E-state index in [1.54, 1.807) is 4.90 Å². The summed E-state index contributed by atoms with van der Waals surface area (Å²) in [4.78, 5) is 31.5. The van der Waals surface area contributed by atoms with E-state index in [0.29, 0.717) is 13.1 Å². The Kier molecular flexibility index (Phi) is 5.81. The lowest BCUT2D eigenvalue weighted by molar-refractivity contribution is -0.126. The summed E-state index contributed by atoms with van der Waals surface area (Å²) >= 11 is 0. The van der Waals surface area contributed by atoms with Crippen LogP contribution in [0.3, 0.4) is 0 Å². The smallest absolute Gasteiger partial charge is 0.227 e. The number of hydrogen-bond acceptors (Lipinski definition) is 4. The Morgan fingerprint density at radius 3 is 2.31 bits per heavy atom. The minimum absolute atomic E-state index is 0.0113. The molecule has 0 aliphatic carbocycles. The highest BCUT2D eigenvalue weighted by atomic mass is 16.2. The van der Waals surface area contributed by atoms with Gasteiger partial charge in [0.25, 0.3) is 0 Å². The molecule has 0 radical (unpaired) electrons. The van der Waals surface area contributed by atoms with Gasteiger partial charge in [-0.3, -0.25) is 9.59 Å². The van der Waals surface area contributed by atoms with Crippen LogP contribution < -0.4 is 15.1 Å². The van der Waals surface area contributed by atoms with E-state index in [1.807, 2.05) is 42.5 Å². The Bertz CT molecular complexity index is 845. The van der Waals surface area contributed by atoms with Crippen molar-refractivity contribution < 1.29 is 9.59 Å². The van der Waals surface area contributed by atoms with Gasteiger partial charge < -0.3 is 20.0 Å². The van der Waals surface area contributed by atoms with E-state index >= 15 is 0 Å². The fourth-order valence-electron chi connectivity index (χ4n) is 3.97. The van der Waals surface area contributed by atoms with Crippen molar-refractivity contribution in [2.24, 2.45) is 5.92 Å². The van der Waals surface area contributed by atoms with Crippen molar-refractivity contribution in [1.29, 1.82) is 0 Å². The Hall–Kier alpha value is -2.86. The Morgan fingerprint density at radius 1 is 0.966 bits per heavy atom. The molecule has 152 valence electrons. The van der Waals surface area contributed by atoms with Gasteiger partial charge in [0.1, 0.15) is 0 Å². The van der Waals surface area contributed by atoms with Crippen LogP contribution in [0.4, 0.5) is 11.4 Å². The number of carbonyl (C=O) groups is 2. The van der Waals surface area contributed by atoms with Crippen molar-refractivity contribution in [2.45, 2.75) is 13.0 Å². The largest absolute Gasteiger partial charge is 0.369 e. The highest BCUT2D eigenvalue weighted by Crippen LogP contribution is 2.27. The molecule has 1 N–H and O–H groups in total. The van der Waals surface area contributed by atoms with Crippen LogP contribution in [0.1, 0.15) is 12.0 Å². The van der Waals surface area contributed by atoms with Crippen LogP contribution in [0.2, 0.25) is 0 Å². The lowest BCUT2D eigenvalue weighted by atomic mass is 10.1. The number of amides is 2. The van der Waals surface area contributed by atoms with Crippen molar-refractivity contribution in [1.82, 2.24) is 10.2 Å². The van der Waals surface area contributed by atoms with Crippen molar-refractivity contribution in [2.75, 3.05) is 49.6 Å². The molecule has 2 aromatic rings. The van der Waals surface area contributed by atoms with Gasteiger partial charge in [-0.1, -0.05) is 30.3 Å². The molecule has 6 heteroatoms. The third-order valence-corrected chi connectivity index (χ3v) is 5.84. The third kappa shape index (κ3) is 4.59. The summed E-state index contributed by atoms with van der Waals surface area (Å²) in [6, 6.07) is 18.0. The number of piperazine rings is 1. The summed E-state index contributed by atoms with van der Waals surface area (Å²) in [7, 11) is 2.14. The maximum absolute atomic E-state index is 12.5. The first-order valence-corrected chi connectivity index (χ1v) is 10.3. The van der Waals surface area contributed by atoms with Crippen LogP contribution in [-0.2, 0) is 16.1 Å². The van der Waals surface area contributed by atoms with Gasteiger partial charge in [0, 0.05) is 57.1 Å². The number of likely N-dealkylation sites (N-methyl/N-ethyl adjacent to an activating group) is 1. The quantitative estimate of drug-likeness (QED) is 0.847. The number of anilines is 2. The van der Waals surface area contributed by atoms with Crippen molar-refractivity contribution in [3.8, 4) is 0 Å². The van der Waals surface area contributed by atoms with Crippen LogP contribution in [0.25, 0.3) is 0 Å². The zero-order chi connectivity index (χ0) is 20.2. The monoisotopic (exact) mass is 392 g/mol. The van der Waals surface area contributed by atoms with Gasteiger partial charge >= 0.3 is 0 Å². The molecule has 2 aromatic carbocycles. The molecule has 0 bridgehead atoms. The zero-order valence-electron chi connectivity index (χ0n) is 16.9. The first-order valence-electron chi connectivity index (χ1n) is 10.3. The predicted octanol–water partition coefficient (Wildman–Crippen LogP) is 2.11. The maximum atomic E-state index is 12.5. The third-order valence-electron chi connectivity index (χ3n) is 5.84. The highest BCUT2D eigenvalue weighted by Gasteiger charge is 2.35. The highest BCUT2D eigenvalue weighted by molar-refractivity contribution is 6.00. The fraction of sp³-hybridized carbons (Fsp3) is 0.391. The standard InChI is InChI=1S/C23H28N4O2/c1-25-11-13-26(14-12-25)20-7-9-21(10-8-20)27-17-19(15-22(27)28)23(29)24-16-18-5-3-2-4-6-18/h2-10,19H,11-17H2,1H3,(H,24,29). The second-order valence-electron chi connectivity index (χ2n) is 7.92. The summed E-state index contributed by atoms with van der Waals surface area (Å²) in [6.45, 7) is 5.08. The predicted molar refractivity (Wildman–Crippen MR) is 115 cm³/mol. The maximum Gasteiger partial charge on any atom is 0.227 e. The van der Waals surface area contributed by atoms with Gasteiger partial charge in [0.05, 0.1) is 5.92 Å². The second kappa shape index (κ2) is 8.66. The first kappa shape index (κ1) is 19.5. The molecular formula is C23H28N4O2. The molecule has 2 aliphatic heterocycles. The van der Waals surface area contributed by atoms with Crippen LogP contribution >= 0.6 is 0 Å². The molecule has 0 spiro atoms. The molecule has 2 saturated heterocycles. The van der Waals surface area contributed by atoms with E-state index in [2.05, 4.69) is 34.3 Å². The summed E-state index contributed by atoms with van der Waals surface area (Å²) in [5.41, 5.74) is 3.11. The average molecular weight is 393 g/mol. The Morgan fingerprint density at radius 2 is 1.62 bits per heavy atom. The second-order valence-corrected chi connectivity index (χ2v) is 7.92. The van der Waals surface area contributed by atoms with Crippen molar-refractivity contribution >= 4 is 23.2 Å². The van der Waals surface area contributed by atoms with Gasteiger partial charge in [-0.15, -0.1) is 0 Å². The van der Waals surface area contributed by atoms with E-state index < -0.39 is 0 Å². The Labute approximate surface area is 172 Å². The van der Waals surface area contributed by atoms with E-state index in [9.17, 15) is 9.59 Å². The molecule has 29 heavy (non-hydrogen) atoms. The molecule has 1 unspecified atom stereocenters. The van der Waals surface area contributed by atoms with Gasteiger partial charge in [-0.25, -0.2) is 0 Å². The van der Waals surface area contributed by atoms with Gasteiger partial charge in [-0.05, 0) is 36.9 Å². The lowest BCUT2D eigenvalue weighted by Gasteiger charge is -2.34. The molecule has 2 heterocycles. The number of rotatable bonds is 5. The fourth-order valence-corrected chi connectivity index (χ4v) is 3.97. The molecular weight excluding hydrogens is 364 g/mol. The zero-order valence-corrected chi connectivity index (χ0v) is 16.9. The van der Waals surface area contributed by atoms with Crippen LogP contribution in [0.15, 0.2) is 54.6 Å². The number of hydrogen-bond donors (Lipinski definition) is 1. The van der Waals surface area contributed by atoms with E-state index in [1.165, 1.54) is 5.69 Å². The number of nitrogens with one attached hydrogen (secondary N) is 1. The first-order chi connectivity index (χ1) is 14.1. The minimum atomic E-state index is -0.302. The van der Waals surface area contributed by atoms with Crippen LogP contribution in [-0.4, -0.2) is 56.5 Å². The van der Waals surface area contributed by atoms with Crippen LogP contribution in [0.5, 0.6) is 0 Å². The Balaban J connectivity index is 1.34. The molecule has 0 aromatic heterocycles.